The molecule has 0 aromatic heterocycles. The molecule has 1 N–H and O–H groups in total. The van der Waals surface area contributed by atoms with Crippen LogP contribution in [0.15, 0.2) is 0 Å². The number of rotatable bonds is 4. The van der Waals surface area contributed by atoms with Crippen LogP contribution < -0.4 is 5.32 Å². The third-order valence-electron chi connectivity index (χ3n) is 3.55. The summed E-state index contributed by atoms with van der Waals surface area (Å²) >= 11 is 0. The Kier molecular flexibility index (Phi) is 4.79. The van der Waals surface area contributed by atoms with Crippen molar-refractivity contribution in [3.8, 4) is 0 Å². The average molecular weight is 183 g/mol. The van der Waals surface area contributed by atoms with E-state index in [0.717, 1.165) is 17.9 Å². The molecule has 1 rings (SSSR count). The van der Waals surface area contributed by atoms with Gasteiger partial charge in [-0.2, -0.15) is 0 Å². The Morgan fingerprint density at radius 1 is 1.38 bits per heavy atom. The summed E-state index contributed by atoms with van der Waals surface area (Å²) in [6.07, 6.45) is 6.89. The highest BCUT2D eigenvalue weighted by Crippen LogP contribution is 2.25. The molecule has 0 bridgehead atoms. The Balaban J connectivity index is 2.32. The number of piperidine rings is 1. The molecule has 0 aromatic rings. The molecule has 1 aliphatic heterocycles. The van der Waals surface area contributed by atoms with Crippen LogP contribution in [0, 0.1) is 11.8 Å². The fourth-order valence-electron chi connectivity index (χ4n) is 2.49. The van der Waals surface area contributed by atoms with Crippen molar-refractivity contribution in [3.63, 3.8) is 0 Å². The highest BCUT2D eigenvalue weighted by molar-refractivity contribution is 4.81. The lowest BCUT2D eigenvalue weighted by atomic mass is 9.83. The van der Waals surface area contributed by atoms with Gasteiger partial charge in [0.05, 0.1) is 0 Å². The Bertz CT molecular complexity index is 133. The zero-order chi connectivity index (χ0) is 9.68. The highest BCUT2D eigenvalue weighted by Gasteiger charge is 2.23. The predicted molar refractivity (Wildman–Crippen MR) is 58.9 cm³/mol. The van der Waals surface area contributed by atoms with E-state index in [0.29, 0.717) is 0 Å². The molecule has 1 saturated heterocycles. The maximum atomic E-state index is 3.67. The minimum Gasteiger partial charge on any atom is -0.314 e. The van der Waals surface area contributed by atoms with E-state index >= 15 is 0 Å². The summed E-state index contributed by atoms with van der Waals surface area (Å²) in [5.74, 6) is 1.87. The molecular formula is C12H25N. The van der Waals surface area contributed by atoms with Crippen LogP contribution in [0.25, 0.3) is 0 Å². The van der Waals surface area contributed by atoms with Gasteiger partial charge in [-0.3, -0.25) is 0 Å². The third-order valence-corrected chi connectivity index (χ3v) is 3.55. The molecule has 1 fully saturated rings. The molecule has 0 aliphatic carbocycles. The van der Waals surface area contributed by atoms with E-state index < -0.39 is 0 Å². The van der Waals surface area contributed by atoms with E-state index in [9.17, 15) is 0 Å². The molecule has 0 radical (unpaired) electrons. The first-order valence-corrected chi connectivity index (χ1v) is 6.01. The molecule has 0 aromatic carbocycles. The normalized spacial score (nSPS) is 31.6. The summed E-state index contributed by atoms with van der Waals surface area (Å²) in [5.41, 5.74) is 0. The Hall–Kier alpha value is -0.0400. The molecule has 0 spiro atoms. The van der Waals surface area contributed by atoms with Crippen molar-refractivity contribution in [2.24, 2.45) is 11.8 Å². The number of hydrogen-bond acceptors (Lipinski definition) is 1. The predicted octanol–water partition coefficient (Wildman–Crippen LogP) is 3.20. The molecule has 1 aliphatic rings. The van der Waals surface area contributed by atoms with Gasteiger partial charge in [-0.05, 0) is 37.6 Å². The van der Waals surface area contributed by atoms with Gasteiger partial charge in [0, 0.05) is 6.04 Å². The fraction of sp³-hybridized carbons (Fsp3) is 1.00. The van der Waals surface area contributed by atoms with Gasteiger partial charge in [0.25, 0.3) is 0 Å². The monoisotopic (exact) mass is 183 g/mol. The van der Waals surface area contributed by atoms with Crippen molar-refractivity contribution in [2.45, 2.75) is 58.9 Å². The van der Waals surface area contributed by atoms with Gasteiger partial charge >= 0.3 is 0 Å². The van der Waals surface area contributed by atoms with Crippen LogP contribution >= 0.6 is 0 Å². The van der Waals surface area contributed by atoms with Crippen LogP contribution in [0.5, 0.6) is 0 Å². The molecule has 78 valence electrons. The largest absolute Gasteiger partial charge is 0.314 e. The lowest BCUT2D eigenvalue weighted by Gasteiger charge is -2.33. The van der Waals surface area contributed by atoms with E-state index in [-0.39, 0.29) is 0 Å². The molecule has 1 heterocycles. The minimum absolute atomic E-state index is 0.804. The van der Waals surface area contributed by atoms with Gasteiger partial charge in [-0.25, -0.2) is 0 Å². The van der Waals surface area contributed by atoms with Crippen molar-refractivity contribution >= 4 is 0 Å². The van der Waals surface area contributed by atoms with Crippen LogP contribution in [0.2, 0.25) is 0 Å². The van der Waals surface area contributed by atoms with Gasteiger partial charge in [0.2, 0.25) is 0 Å². The van der Waals surface area contributed by atoms with Gasteiger partial charge in [0.1, 0.15) is 0 Å². The summed E-state index contributed by atoms with van der Waals surface area (Å²) in [4.78, 5) is 0. The maximum absolute atomic E-state index is 3.67. The smallest absolute Gasteiger partial charge is 0.00953 e. The zero-order valence-corrected chi connectivity index (χ0v) is 9.47. The summed E-state index contributed by atoms with van der Waals surface area (Å²) in [7, 11) is 0. The van der Waals surface area contributed by atoms with E-state index in [4.69, 9.17) is 0 Å². The lowest BCUT2D eigenvalue weighted by molar-refractivity contribution is 0.233. The Morgan fingerprint density at radius 3 is 2.77 bits per heavy atom. The summed E-state index contributed by atoms with van der Waals surface area (Å²) in [6, 6.07) is 0.804. The molecule has 1 nitrogen and oxygen atoms in total. The van der Waals surface area contributed by atoms with Crippen molar-refractivity contribution in [3.05, 3.63) is 0 Å². The van der Waals surface area contributed by atoms with Crippen LogP contribution in [0.4, 0.5) is 0 Å². The second-order valence-corrected chi connectivity index (χ2v) is 4.63. The summed E-state index contributed by atoms with van der Waals surface area (Å²) in [5, 5.41) is 3.67. The average Bonchev–Trinajstić information content (AvgIpc) is 2.18. The molecule has 0 saturated carbocycles. The topological polar surface area (TPSA) is 12.0 Å². The van der Waals surface area contributed by atoms with Crippen LogP contribution in [0.3, 0.4) is 0 Å². The Morgan fingerprint density at radius 2 is 2.15 bits per heavy atom. The second-order valence-electron chi connectivity index (χ2n) is 4.63. The first kappa shape index (κ1) is 11.0. The first-order valence-electron chi connectivity index (χ1n) is 6.01. The highest BCUT2D eigenvalue weighted by atomic mass is 14.9. The van der Waals surface area contributed by atoms with Gasteiger partial charge < -0.3 is 5.32 Å². The van der Waals surface area contributed by atoms with E-state index in [1.807, 2.05) is 0 Å². The molecule has 3 unspecified atom stereocenters. The fourth-order valence-corrected chi connectivity index (χ4v) is 2.49. The lowest BCUT2D eigenvalue weighted by Crippen LogP contribution is -2.42. The maximum Gasteiger partial charge on any atom is 0.00953 e. The quantitative estimate of drug-likeness (QED) is 0.706. The molecule has 1 heteroatoms. The van der Waals surface area contributed by atoms with Crippen molar-refractivity contribution in [1.29, 1.82) is 0 Å². The van der Waals surface area contributed by atoms with Crippen LogP contribution in [-0.2, 0) is 0 Å². The first-order chi connectivity index (χ1) is 6.27. The van der Waals surface area contributed by atoms with Crippen molar-refractivity contribution in [1.82, 2.24) is 5.32 Å². The van der Waals surface area contributed by atoms with Crippen molar-refractivity contribution < 1.29 is 0 Å². The van der Waals surface area contributed by atoms with E-state index in [1.54, 1.807) is 0 Å². The summed E-state index contributed by atoms with van der Waals surface area (Å²) < 4.78 is 0. The molecule has 13 heavy (non-hydrogen) atoms. The third kappa shape index (κ3) is 3.30. The number of nitrogens with one attached hydrogen (secondary N) is 1. The minimum atomic E-state index is 0.804. The standard InChI is InChI=1S/C12H25N/c1-4-6-10(3)12-9-11(5-2)7-8-13-12/h10-13H,4-9H2,1-3H3. The Labute approximate surface area is 83.3 Å². The second kappa shape index (κ2) is 5.64. The molecule has 0 amide bonds. The van der Waals surface area contributed by atoms with Crippen molar-refractivity contribution in [2.75, 3.05) is 6.54 Å². The van der Waals surface area contributed by atoms with Crippen LogP contribution in [-0.4, -0.2) is 12.6 Å². The number of hydrogen-bond donors (Lipinski definition) is 1. The van der Waals surface area contributed by atoms with Gasteiger partial charge in [-0.1, -0.05) is 33.6 Å². The van der Waals surface area contributed by atoms with E-state index in [1.165, 1.54) is 38.6 Å². The molecular weight excluding hydrogens is 158 g/mol. The van der Waals surface area contributed by atoms with Gasteiger partial charge in [0.15, 0.2) is 0 Å². The SMILES string of the molecule is CCCC(C)C1CC(CC)CCN1. The van der Waals surface area contributed by atoms with Crippen LogP contribution in [0.1, 0.15) is 52.9 Å². The zero-order valence-electron chi connectivity index (χ0n) is 9.47. The summed E-state index contributed by atoms with van der Waals surface area (Å²) in [6.45, 7) is 8.27. The van der Waals surface area contributed by atoms with E-state index in [2.05, 4.69) is 26.1 Å². The molecule has 3 atom stereocenters. The van der Waals surface area contributed by atoms with Gasteiger partial charge in [-0.15, -0.1) is 0 Å².